The van der Waals surface area contributed by atoms with E-state index in [-0.39, 0.29) is 11.8 Å². The molecule has 0 unspecified atom stereocenters. The minimum atomic E-state index is -0.833. The van der Waals surface area contributed by atoms with Crippen LogP contribution in [0.3, 0.4) is 0 Å². The molecule has 0 atom stereocenters. The predicted molar refractivity (Wildman–Crippen MR) is 178 cm³/mol. The zero-order valence-electron chi connectivity index (χ0n) is 27.6. The van der Waals surface area contributed by atoms with Crippen LogP contribution in [-0.4, -0.2) is 83.7 Å². The SMILES string of the molecule is CC(=O)O.CC(=O)O.CC(=O)O.Cc1cc(C)c(NC(=O)C=NCCNCCN=CC(=O)Nc2c(C)cc(C)cc2C)c(C)c1. The molecular weight excluding hydrogens is 582 g/mol. The number of benzene rings is 2. The summed E-state index contributed by atoms with van der Waals surface area (Å²) in [5, 5.41) is 31.2. The smallest absolute Gasteiger partial charge is 0.300 e. The van der Waals surface area contributed by atoms with Gasteiger partial charge >= 0.3 is 0 Å². The van der Waals surface area contributed by atoms with E-state index in [1.165, 1.54) is 23.6 Å². The number of carboxylic acids is 3. The fourth-order valence-electron chi connectivity index (χ4n) is 3.77. The minimum Gasteiger partial charge on any atom is -0.481 e. The van der Waals surface area contributed by atoms with E-state index in [0.717, 1.165) is 54.4 Å². The van der Waals surface area contributed by atoms with Crippen molar-refractivity contribution in [2.45, 2.75) is 62.3 Å². The van der Waals surface area contributed by atoms with E-state index in [0.29, 0.717) is 26.2 Å². The number of carbonyl (C=O) groups excluding carboxylic acids is 2. The van der Waals surface area contributed by atoms with Crippen LogP contribution in [0.15, 0.2) is 34.3 Å². The molecule has 2 aromatic rings. The van der Waals surface area contributed by atoms with Gasteiger partial charge in [0.1, 0.15) is 0 Å². The lowest BCUT2D eigenvalue weighted by Gasteiger charge is -2.11. The Bertz CT molecular complexity index is 1180. The summed E-state index contributed by atoms with van der Waals surface area (Å²) in [6.45, 7) is 17.4. The van der Waals surface area contributed by atoms with Crippen LogP contribution in [0.1, 0.15) is 54.2 Å². The number of carbonyl (C=O) groups is 5. The number of anilines is 2. The van der Waals surface area contributed by atoms with Crippen molar-refractivity contribution >= 4 is 53.5 Å². The van der Waals surface area contributed by atoms with Crippen LogP contribution in [0.4, 0.5) is 11.4 Å². The summed E-state index contributed by atoms with van der Waals surface area (Å²) < 4.78 is 0. The third-order valence-corrected chi connectivity index (χ3v) is 5.10. The largest absolute Gasteiger partial charge is 0.481 e. The Morgan fingerprint density at radius 2 is 0.822 bits per heavy atom. The van der Waals surface area contributed by atoms with Crippen molar-refractivity contribution in [2.24, 2.45) is 9.98 Å². The molecule has 2 rings (SSSR count). The first kappa shape index (κ1) is 42.2. The lowest BCUT2D eigenvalue weighted by molar-refractivity contribution is -0.135. The molecule has 2 aromatic carbocycles. The first-order valence-corrected chi connectivity index (χ1v) is 13.9. The van der Waals surface area contributed by atoms with Gasteiger partial charge in [-0.2, -0.15) is 0 Å². The van der Waals surface area contributed by atoms with Gasteiger partial charge in [-0.3, -0.25) is 34.0 Å². The van der Waals surface area contributed by atoms with Crippen molar-refractivity contribution in [3.63, 3.8) is 0 Å². The Morgan fingerprint density at radius 1 is 0.578 bits per heavy atom. The molecular formula is C32H47N5O8. The van der Waals surface area contributed by atoms with Gasteiger partial charge in [-0.1, -0.05) is 35.4 Å². The maximum atomic E-state index is 12.1. The predicted octanol–water partition coefficient (Wildman–Crippen LogP) is 4.12. The molecule has 45 heavy (non-hydrogen) atoms. The molecule has 0 radical (unpaired) electrons. The van der Waals surface area contributed by atoms with Gasteiger partial charge in [0.2, 0.25) is 0 Å². The number of hydrogen-bond acceptors (Lipinski definition) is 8. The van der Waals surface area contributed by atoms with Gasteiger partial charge in [-0.15, -0.1) is 0 Å². The third-order valence-electron chi connectivity index (χ3n) is 5.10. The van der Waals surface area contributed by atoms with Gasteiger partial charge in [0, 0.05) is 45.2 Å². The molecule has 0 aromatic heterocycles. The molecule has 0 spiro atoms. The second kappa shape index (κ2) is 23.5. The number of nitrogens with zero attached hydrogens (tertiary/aromatic N) is 2. The fourth-order valence-corrected chi connectivity index (χ4v) is 3.77. The maximum Gasteiger partial charge on any atom is 0.300 e. The lowest BCUT2D eigenvalue weighted by Crippen LogP contribution is -2.22. The third kappa shape index (κ3) is 24.3. The average molecular weight is 630 g/mol. The second-order valence-electron chi connectivity index (χ2n) is 9.90. The Labute approximate surface area is 264 Å². The topological polar surface area (TPSA) is 207 Å². The molecule has 13 nitrogen and oxygen atoms in total. The van der Waals surface area contributed by atoms with Crippen LogP contribution in [0.2, 0.25) is 0 Å². The van der Waals surface area contributed by atoms with E-state index in [4.69, 9.17) is 29.7 Å². The molecule has 0 bridgehead atoms. The second-order valence-corrected chi connectivity index (χ2v) is 9.90. The number of amides is 2. The highest BCUT2D eigenvalue weighted by Gasteiger charge is 2.07. The Morgan fingerprint density at radius 3 is 1.07 bits per heavy atom. The van der Waals surface area contributed by atoms with Crippen molar-refractivity contribution in [1.29, 1.82) is 0 Å². The molecule has 13 heteroatoms. The summed E-state index contributed by atoms with van der Waals surface area (Å²) in [6, 6.07) is 8.17. The van der Waals surface area contributed by atoms with Crippen LogP contribution in [0.25, 0.3) is 0 Å². The number of rotatable bonds is 10. The molecule has 0 fully saturated rings. The monoisotopic (exact) mass is 629 g/mol. The number of aliphatic imine (C=N–C) groups is 2. The molecule has 0 aliphatic rings. The molecule has 6 N–H and O–H groups in total. The van der Waals surface area contributed by atoms with Crippen molar-refractivity contribution in [3.05, 3.63) is 57.6 Å². The molecule has 0 aliphatic heterocycles. The van der Waals surface area contributed by atoms with Crippen molar-refractivity contribution in [1.82, 2.24) is 5.32 Å². The van der Waals surface area contributed by atoms with E-state index in [1.54, 1.807) is 0 Å². The first-order chi connectivity index (χ1) is 20.9. The van der Waals surface area contributed by atoms with Gasteiger partial charge < -0.3 is 31.3 Å². The molecule has 248 valence electrons. The number of nitrogens with one attached hydrogen (secondary N) is 3. The molecule has 0 heterocycles. The summed E-state index contributed by atoms with van der Waals surface area (Å²) in [4.78, 5) is 59.5. The molecule has 0 aliphatic carbocycles. The van der Waals surface area contributed by atoms with Gasteiger partial charge in [-0.25, -0.2) is 0 Å². The Balaban J connectivity index is 0. The summed E-state index contributed by atoms with van der Waals surface area (Å²) in [5.74, 6) is -2.97. The zero-order valence-corrected chi connectivity index (χ0v) is 27.6. The number of aryl methyl sites for hydroxylation is 6. The maximum absolute atomic E-state index is 12.1. The molecule has 0 saturated heterocycles. The van der Waals surface area contributed by atoms with Gasteiger partial charge in [0.15, 0.2) is 0 Å². The van der Waals surface area contributed by atoms with Crippen molar-refractivity contribution < 1.29 is 39.3 Å². The number of carboxylic acid groups (broad SMARTS) is 3. The van der Waals surface area contributed by atoms with Crippen molar-refractivity contribution in [3.8, 4) is 0 Å². The van der Waals surface area contributed by atoms with Crippen LogP contribution < -0.4 is 16.0 Å². The summed E-state index contributed by atoms with van der Waals surface area (Å²) in [6.07, 6.45) is 2.63. The van der Waals surface area contributed by atoms with E-state index in [2.05, 4.69) is 25.9 Å². The van der Waals surface area contributed by atoms with Crippen molar-refractivity contribution in [2.75, 3.05) is 36.8 Å². The lowest BCUT2D eigenvalue weighted by atomic mass is 10.1. The van der Waals surface area contributed by atoms with Gasteiger partial charge in [0.05, 0.1) is 25.5 Å². The van der Waals surface area contributed by atoms with E-state index >= 15 is 0 Å². The van der Waals surface area contributed by atoms with Crippen LogP contribution in [-0.2, 0) is 24.0 Å². The summed E-state index contributed by atoms with van der Waals surface area (Å²) in [7, 11) is 0. The fraction of sp³-hybridized carbons (Fsp3) is 0.406. The molecule has 0 saturated carbocycles. The first-order valence-electron chi connectivity index (χ1n) is 13.9. The van der Waals surface area contributed by atoms with E-state index in [1.807, 2.05) is 65.8 Å². The number of hydrogen-bond donors (Lipinski definition) is 6. The quantitative estimate of drug-likeness (QED) is 0.165. The van der Waals surface area contributed by atoms with Crippen LogP contribution in [0.5, 0.6) is 0 Å². The Hall–Kier alpha value is -4.91. The van der Waals surface area contributed by atoms with Crippen LogP contribution in [0, 0.1) is 41.5 Å². The summed E-state index contributed by atoms with van der Waals surface area (Å²) in [5.41, 5.74) is 8.16. The zero-order chi connectivity index (χ0) is 35.1. The molecule has 2 amide bonds. The Kier molecular flexibility index (Phi) is 22.1. The van der Waals surface area contributed by atoms with Gasteiger partial charge in [0.25, 0.3) is 29.7 Å². The average Bonchev–Trinajstić information content (AvgIpc) is 2.86. The van der Waals surface area contributed by atoms with E-state index in [9.17, 15) is 9.59 Å². The van der Waals surface area contributed by atoms with E-state index < -0.39 is 17.9 Å². The van der Waals surface area contributed by atoms with Gasteiger partial charge in [-0.05, 0) is 63.8 Å². The minimum absolute atomic E-state index is 0.236. The number of aliphatic carboxylic acids is 3. The highest BCUT2D eigenvalue weighted by molar-refractivity contribution is 6.32. The standard InChI is InChI=1S/C26H35N5O2.3C2H4O2/c1-17-11-19(3)25(20(4)12-17)30-23(32)15-28-9-7-27-8-10-29-16-24(33)31-26-21(5)13-18(2)14-22(26)6;3*1-2(3)4/h11-16,27H,7-10H2,1-6H3,(H,30,32)(H,31,33);3*1H3,(H,3,4). The highest BCUT2D eigenvalue weighted by atomic mass is 16.4. The van der Waals surface area contributed by atoms with Crippen LogP contribution >= 0.6 is 0 Å². The highest BCUT2D eigenvalue weighted by Crippen LogP contribution is 2.22. The summed E-state index contributed by atoms with van der Waals surface area (Å²) >= 11 is 0. The normalized spacial score (nSPS) is 9.98.